The van der Waals surface area contributed by atoms with Crippen LogP contribution in [-0.4, -0.2) is 0 Å². The molecule has 0 aliphatic heterocycles. The minimum atomic E-state index is -0.0198. The van der Waals surface area contributed by atoms with Crippen molar-refractivity contribution >= 4 is 0 Å². The smallest absolute Gasteiger partial charge is 0.0412 e. The third kappa shape index (κ3) is 3.20. The Hall–Kier alpha value is -0.820. The molecule has 1 heteroatoms. The molecule has 1 atom stereocenters. The predicted molar refractivity (Wildman–Crippen MR) is 83.5 cm³/mol. The SMILES string of the molecule is CCCCCC(C)c1ccc(C2(N)CCC2)c(C)c1. The van der Waals surface area contributed by atoms with Gasteiger partial charge in [0.2, 0.25) is 0 Å². The van der Waals surface area contributed by atoms with Crippen molar-refractivity contribution < 1.29 is 0 Å². The molecule has 1 nitrogen and oxygen atoms in total. The third-order valence-corrected chi connectivity index (χ3v) is 4.84. The maximum atomic E-state index is 6.45. The molecule has 0 bridgehead atoms. The van der Waals surface area contributed by atoms with E-state index in [9.17, 15) is 0 Å². The van der Waals surface area contributed by atoms with Gasteiger partial charge in [-0.2, -0.15) is 0 Å². The van der Waals surface area contributed by atoms with Gasteiger partial charge in [0.05, 0.1) is 0 Å². The average Bonchev–Trinajstić information content (AvgIpc) is 2.36. The summed E-state index contributed by atoms with van der Waals surface area (Å²) in [7, 11) is 0. The standard InChI is InChI=1S/C18H29N/c1-4-5-6-8-14(2)16-9-10-17(15(3)13-16)18(19)11-7-12-18/h9-10,13-14H,4-8,11-12,19H2,1-3H3. The van der Waals surface area contributed by atoms with E-state index in [1.807, 2.05) is 0 Å². The number of nitrogens with two attached hydrogens (primary N) is 1. The molecule has 0 aromatic heterocycles. The summed E-state index contributed by atoms with van der Waals surface area (Å²) < 4.78 is 0. The van der Waals surface area contributed by atoms with Crippen LogP contribution in [-0.2, 0) is 5.54 Å². The molecule has 1 saturated carbocycles. The first kappa shape index (κ1) is 14.6. The van der Waals surface area contributed by atoms with Crippen LogP contribution in [0.25, 0.3) is 0 Å². The summed E-state index contributed by atoms with van der Waals surface area (Å²) in [6.07, 6.45) is 8.90. The van der Waals surface area contributed by atoms with Gasteiger partial charge in [0.25, 0.3) is 0 Å². The van der Waals surface area contributed by atoms with E-state index in [1.165, 1.54) is 48.8 Å². The minimum absolute atomic E-state index is 0.0198. The molecule has 1 fully saturated rings. The third-order valence-electron chi connectivity index (χ3n) is 4.84. The molecule has 2 rings (SSSR count). The van der Waals surface area contributed by atoms with Gasteiger partial charge in [-0.1, -0.05) is 51.3 Å². The van der Waals surface area contributed by atoms with Crippen molar-refractivity contribution in [1.82, 2.24) is 0 Å². The van der Waals surface area contributed by atoms with E-state index < -0.39 is 0 Å². The van der Waals surface area contributed by atoms with Crippen LogP contribution < -0.4 is 5.73 Å². The number of aryl methyl sites for hydroxylation is 1. The van der Waals surface area contributed by atoms with E-state index in [0.717, 1.165) is 12.8 Å². The van der Waals surface area contributed by atoms with Crippen molar-refractivity contribution in [3.63, 3.8) is 0 Å². The Morgan fingerprint density at radius 2 is 2.00 bits per heavy atom. The van der Waals surface area contributed by atoms with E-state index >= 15 is 0 Å². The first-order valence-corrected chi connectivity index (χ1v) is 7.97. The molecule has 106 valence electrons. The first-order chi connectivity index (χ1) is 9.07. The number of hydrogen-bond acceptors (Lipinski definition) is 1. The van der Waals surface area contributed by atoms with Crippen LogP contribution in [0.4, 0.5) is 0 Å². The number of unbranched alkanes of at least 4 members (excludes halogenated alkanes) is 2. The van der Waals surface area contributed by atoms with E-state index in [1.54, 1.807) is 0 Å². The Morgan fingerprint density at radius 1 is 1.26 bits per heavy atom. The summed E-state index contributed by atoms with van der Waals surface area (Å²) >= 11 is 0. The van der Waals surface area contributed by atoms with E-state index in [4.69, 9.17) is 5.73 Å². The van der Waals surface area contributed by atoms with Gasteiger partial charge in [-0.25, -0.2) is 0 Å². The van der Waals surface area contributed by atoms with Gasteiger partial charge >= 0.3 is 0 Å². The summed E-state index contributed by atoms with van der Waals surface area (Å²) in [6.45, 7) is 6.85. The van der Waals surface area contributed by atoms with E-state index in [-0.39, 0.29) is 5.54 Å². The predicted octanol–water partition coefficient (Wildman–Crippen LogP) is 5.02. The van der Waals surface area contributed by atoms with Gasteiger partial charge in [0.1, 0.15) is 0 Å². The molecule has 1 aromatic rings. The monoisotopic (exact) mass is 259 g/mol. The highest BCUT2D eigenvalue weighted by Gasteiger charge is 2.35. The largest absolute Gasteiger partial charge is 0.321 e. The van der Waals surface area contributed by atoms with Crippen LogP contribution in [0.5, 0.6) is 0 Å². The maximum absolute atomic E-state index is 6.45. The lowest BCUT2D eigenvalue weighted by Crippen LogP contribution is -2.43. The highest BCUT2D eigenvalue weighted by atomic mass is 14.8. The number of rotatable bonds is 6. The second-order valence-corrected chi connectivity index (χ2v) is 6.48. The van der Waals surface area contributed by atoms with Crippen LogP contribution in [0.1, 0.15) is 81.4 Å². The van der Waals surface area contributed by atoms with E-state index in [2.05, 4.69) is 39.0 Å². The van der Waals surface area contributed by atoms with Gasteiger partial charge in [-0.15, -0.1) is 0 Å². The van der Waals surface area contributed by atoms with Crippen molar-refractivity contribution in [2.75, 3.05) is 0 Å². The molecule has 0 heterocycles. The van der Waals surface area contributed by atoms with Crippen molar-refractivity contribution in [3.8, 4) is 0 Å². The average molecular weight is 259 g/mol. The van der Waals surface area contributed by atoms with Crippen molar-refractivity contribution in [2.45, 2.75) is 77.2 Å². The van der Waals surface area contributed by atoms with Crippen LogP contribution in [0.15, 0.2) is 18.2 Å². The fourth-order valence-electron chi connectivity index (χ4n) is 3.25. The molecule has 1 aliphatic carbocycles. The zero-order chi connectivity index (χ0) is 13.9. The zero-order valence-corrected chi connectivity index (χ0v) is 12.8. The van der Waals surface area contributed by atoms with Crippen LogP contribution in [0.2, 0.25) is 0 Å². The Kier molecular flexibility index (Phi) is 4.67. The molecule has 19 heavy (non-hydrogen) atoms. The molecule has 0 saturated heterocycles. The lowest BCUT2D eigenvalue weighted by atomic mass is 9.71. The Balaban J connectivity index is 2.06. The molecular formula is C18H29N. The lowest BCUT2D eigenvalue weighted by Gasteiger charge is -2.40. The summed E-state index contributed by atoms with van der Waals surface area (Å²) in [5.74, 6) is 0.675. The fraction of sp³-hybridized carbons (Fsp3) is 0.667. The van der Waals surface area contributed by atoms with Crippen molar-refractivity contribution in [1.29, 1.82) is 0 Å². The van der Waals surface area contributed by atoms with E-state index in [0.29, 0.717) is 5.92 Å². The van der Waals surface area contributed by atoms with Crippen molar-refractivity contribution in [3.05, 3.63) is 34.9 Å². The zero-order valence-electron chi connectivity index (χ0n) is 12.8. The molecule has 0 amide bonds. The summed E-state index contributed by atoms with van der Waals surface area (Å²) in [6, 6.07) is 6.98. The fourth-order valence-corrected chi connectivity index (χ4v) is 3.25. The second kappa shape index (κ2) is 6.09. The van der Waals surface area contributed by atoms with Crippen LogP contribution in [0.3, 0.4) is 0 Å². The molecule has 1 aliphatic rings. The van der Waals surface area contributed by atoms with Gasteiger partial charge in [0.15, 0.2) is 0 Å². The molecular weight excluding hydrogens is 230 g/mol. The minimum Gasteiger partial charge on any atom is -0.321 e. The molecule has 1 aromatic carbocycles. The molecule has 0 spiro atoms. The lowest BCUT2D eigenvalue weighted by molar-refractivity contribution is 0.252. The number of benzene rings is 1. The molecule has 0 radical (unpaired) electrons. The van der Waals surface area contributed by atoms with Gasteiger partial charge in [-0.3, -0.25) is 0 Å². The summed E-state index contributed by atoms with van der Waals surface area (Å²) in [4.78, 5) is 0. The molecule has 2 N–H and O–H groups in total. The quantitative estimate of drug-likeness (QED) is 0.713. The Bertz CT molecular complexity index is 418. The van der Waals surface area contributed by atoms with Gasteiger partial charge in [-0.05, 0) is 55.2 Å². The van der Waals surface area contributed by atoms with Crippen LogP contribution >= 0.6 is 0 Å². The van der Waals surface area contributed by atoms with Crippen molar-refractivity contribution in [2.24, 2.45) is 5.73 Å². The highest BCUT2D eigenvalue weighted by molar-refractivity contribution is 5.38. The Labute approximate surface area is 118 Å². The topological polar surface area (TPSA) is 26.0 Å². The van der Waals surface area contributed by atoms with Crippen LogP contribution in [0, 0.1) is 6.92 Å². The molecule has 1 unspecified atom stereocenters. The van der Waals surface area contributed by atoms with Gasteiger partial charge in [0, 0.05) is 5.54 Å². The summed E-state index contributed by atoms with van der Waals surface area (Å²) in [5, 5.41) is 0. The summed E-state index contributed by atoms with van der Waals surface area (Å²) in [5.41, 5.74) is 10.7. The maximum Gasteiger partial charge on any atom is 0.0412 e. The normalized spacial score (nSPS) is 18.9. The number of hydrogen-bond donors (Lipinski definition) is 1. The Morgan fingerprint density at radius 3 is 2.53 bits per heavy atom. The van der Waals surface area contributed by atoms with Gasteiger partial charge < -0.3 is 5.73 Å². The first-order valence-electron chi connectivity index (χ1n) is 7.97. The highest BCUT2D eigenvalue weighted by Crippen LogP contribution is 2.40. The second-order valence-electron chi connectivity index (χ2n) is 6.48.